The number of likely N-dealkylation sites (N-methyl/N-ethyl adjacent to an activating group) is 5. The number of hydrogen-bond acceptors (Lipinski definition) is 20. The Kier molecular flexibility index (Phi) is 37.5. The fourth-order valence-corrected chi connectivity index (χ4v) is 16.1. The van der Waals surface area contributed by atoms with Crippen LogP contribution in [0.25, 0.3) is 10.9 Å². The number of carbonyl (C=O) groups excluding carboxylic acids is 14. The molecular weight excluding hydrogens is 1690 g/mol. The first-order chi connectivity index (χ1) is 62.1. The summed E-state index contributed by atoms with van der Waals surface area (Å²) in [5, 5.41) is 56.5. The number of primary amides is 1. The highest BCUT2D eigenvalue weighted by Gasteiger charge is 2.42. The van der Waals surface area contributed by atoms with Gasteiger partial charge >= 0.3 is 5.97 Å². The lowest BCUT2D eigenvalue weighted by molar-refractivity contribution is -0.151. The summed E-state index contributed by atoms with van der Waals surface area (Å²) in [5.74, 6) is -15.0. The van der Waals surface area contributed by atoms with E-state index in [4.69, 9.17) is 5.73 Å². The predicted octanol–water partition coefficient (Wildman–Crippen LogP) is 1.72. The molecule has 1 fully saturated rings. The summed E-state index contributed by atoms with van der Waals surface area (Å²) >= 11 is 0.818. The number of aromatic nitrogens is 3. The van der Waals surface area contributed by atoms with E-state index in [0.717, 1.165) is 21.6 Å². The van der Waals surface area contributed by atoms with E-state index in [2.05, 4.69) is 62.8 Å². The van der Waals surface area contributed by atoms with Gasteiger partial charge in [0.1, 0.15) is 65.9 Å². The maximum atomic E-state index is 15.5. The highest BCUT2D eigenvalue weighted by molar-refractivity contribution is 8.00. The molecule has 0 aliphatic carbocycles. The second-order valence-electron chi connectivity index (χ2n) is 32.7. The fraction of sp³-hybridized carbons (Fsp3) is 0.398. The minimum atomic E-state index is -1.65. The number of fused-ring (bicyclic) bond motifs is 1. The molecule has 130 heavy (non-hydrogen) atoms. The molecule has 0 spiro atoms. The van der Waals surface area contributed by atoms with Crippen LogP contribution in [0.5, 0.6) is 11.5 Å². The van der Waals surface area contributed by atoms with Crippen molar-refractivity contribution in [3.8, 4) is 11.5 Å². The van der Waals surface area contributed by atoms with Crippen LogP contribution in [0.4, 0.5) is 0 Å². The van der Waals surface area contributed by atoms with E-state index < -0.39 is 199 Å². The van der Waals surface area contributed by atoms with Gasteiger partial charge in [0.25, 0.3) is 0 Å². The first kappa shape index (κ1) is 99.8. The highest BCUT2D eigenvalue weighted by Crippen LogP contribution is 2.24. The van der Waals surface area contributed by atoms with Gasteiger partial charge in [-0.25, -0.2) is 4.98 Å². The predicted molar refractivity (Wildman–Crippen MR) is 485 cm³/mol. The van der Waals surface area contributed by atoms with Crippen molar-refractivity contribution < 1.29 is 87.2 Å². The van der Waals surface area contributed by atoms with Gasteiger partial charge in [0, 0.05) is 116 Å². The Bertz CT molecular complexity index is 5210. The quantitative estimate of drug-likeness (QED) is 0.0433. The third kappa shape index (κ3) is 29.8. The monoisotopic (exact) mass is 1800 g/mol. The molecule has 6 aromatic carbocycles. The van der Waals surface area contributed by atoms with Crippen LogP contribution in [0.15, 0.2) is 183 Å². The molecule has 36 nitrogen and oxygen atoms in total. The zero-order valence-corrected chi connectivity index (χ0v) is 74.7. The van der Waals surface area contributed by atoms with Crippen molar-refractivity contribution in [1.82, 2.24) is 87.3 Å². The average Bonchev–Trinajstić information content (AvgIpc) is 1.63. The number of nitrogens with zero attached hydrogens (tertiary/aromatic N) is 6. The standard InChI is InChI=1S/C93H116N18O18S/c1-9-10-30-75-91(127)108(5)51-79(115)100-64(46-82(118)119)49-97-83(56(2)3)93(129)110(7)76(42-58-24-16-12-17-25-58)88(124)105-72(41-61-33-37-66(113)38-34-61)89(125)107(4)52-80(116)101-70(44-62-47-96-68-29-21-20-28-67(62)68)86(122)103-69(39-60-31-35-65(112)36-32-60)85(121)104-71(45-63-48-95-55-99-63)87(123)106-74(84(120)98-50-78(94)114)53-130-54-81(117)102-73(40-57-22-14-11-15-23-57)90(126)111(8)77(92(128)109(75)6)43-59-26-18-13-19-27-59/h11-29,31-38,47-48,55-56,64,69-77,83,96-97,112-113H,9-10,30,39-46,49-54H2,1-8H3,(H2,94,114)(H,95,99)(H,98,120)(H,100,115)(H,101,116)(H,102,117)(H,103,122)(H,104,121)(H,105,124)(H,106,123)(H,118,119)/t64-,69-,70-,71-,72-,73-,74-,75-,76-,77-,83-/m0/s1. The van der Waals surface area contributed by atoms with Gasteiger partial charge in [0.2, 0.25) is 82.7 Å². The lowest BCUT2D eigenvalue weighted by Gasteiger charge is -2.37. The van der Waals surface area contributed by atoms with Gasteiger partial charge < -0.3 is 103 Å². The number of rotatable bonds is 23. The number of para-hydroxylation sites is 1. The van der Waals surface area contributed by atoms with E-state index >= 15 is 43.2 Å². The van der Waals surface area contributed by atoms with Gasteiger partial charge in [-0.05, 0) is 76.1 Å². The van der Waals surface area contributed by atoms with Crippen molar-refractivity contribution in [2.75, 3.05) is 72.9 Å². The first-order valence-corrected chi connectivity index (χ1v) is 44.0. The molecule has 1 aliphatic heterocycles. The Labute approximate surface area is 757 Å². The van der Waals surface area contributed by atoms with Gasteiger partial charge in [0.05, 0.1) is 55.9 Å². The van der Waals surface area contributed by atoms with Gasteiger partial charge in [0.15, 0.2) is 0 Å². The molecule has 14 amide bonds. The number of H-pyrrole nitrogens is 2. The number of hydrogen-bond donors (Lipinski definition) is 15. The van der Waals surface area contributed by atoms with Gasteiger partial charge in [-0.2, -0.15) is 0 Å². The largest absolute Gasteiger partial charge is 0.508 e. The number of aromatic amines is 2. The normalized spacial score (nSPS) is 21.8. The molecule has 2 aromatic heterocycles. The summed E-state index contributed by atoms with van der Waals surface area (Å²) in [6.07, 6.45) is 3.17. The zero-order chi connectivity index (χ0) is 94.3. The lowest BCUT2D eigenvalue weighted by Crippen LogP contribution is -2.60. The van der Waals surface area contributed by atoms with Crippen LogP contribution in [0.1, 0.15) is 85.5 Å². The van der Waals surface area contributed by atoms with Crippen LogP contribution < -0.4 is 53.6 Å². The number of phenolic OH excluding ortho intramolecular Hbond substituents is 2. The minimum Gasteiger partial charge on any atom is -0.508 e. The number of carboxylic acids is 1. The fourth-order valence-electron chi connectivity index (χ4n) is 15.2. The summed E-state index contributed by atoms with van der Waals surface area (Å²) in [6.45, 7) is 2.80. The molecule has 8 aromatic rings. The average molecular weight is 1810 g/mol. The molecule has 0 radical (unpaired) electrons. The minimum absolute atomic E-state index is 0.0801. The number of carboxylic acid groups (broad SMARTS) is 1. The Hall–Kier alpha value is -14.0. The van der Waals surface area contributed by atoms with E-state index in [9.17, 15) is 44.1 Å². The summed E-state index contributed by atoms with van der Waals surface area (Å²) in [4.78, 5) is 237. The second kappa shape index (κ2) is 48.8. The van der Waals surface area contributed by atoms with E-state index in [0.29, 0.717) is 57.1 Å². The molecule has 9 rings (SSSR count). The molecular formula is C93H116N18O18S. The van der Waals surface area contributed by atoms with E-state index in [1.54, 1.807) is 135 Å². The maximum Gasteiger partial charge on any atom is 0.305 e. The smallest absolute Gasteiger partial charge is 0.305 e. The summed E-state index contributed by atoms with van der Waals surface area (Å²) in [5.41, 5.74) is 9.46. The van der Waals surface area contributed by atoms with Gasteiger partial charge in [-0.1, -0.05) is 167 Å². The molecule has 0 saturated carbocycles. The maximum absolute atomic E-state index is 15.5. The van der Waals surface area contributed by atoms with Gasteiger partial charge in [-0.15, -0.1) is 11.8 Å². The molecule has 37 heteroatoms. The number of carbonyl (C=O) groups is 15. The van der Waals surface area contributed by atoms with Gasteiger partial charge in [-0.3, -0.25) is 71.9 Å². The Morgan fingerprint density at radius 1 is 0.500 bits per heavy atom. The molecule has 1 saturated heterocycles. The molecule has 0 unspecified atom stereocenters. The second-order valence-corrected chi connectivity index (χ2v) is 33.8. The van der Waals surface area contributed by atoms with Crippen molar-refractivity contribution in [3.63, 3.8) is 0 Å². The van der Waals surface area contributed by atoms with E-state index in [-0.39, 0.29) is 75.1 Å². The topological polar surface area (TPSA) is 512 Å². The molecule has 692 valence electrons. The number of thioether (sulfide) groups is 1. The molecule has 3 heterocycles. The molecule has 16 N–H and O–H groups in total. The Balaban J connectivity index is 1.11. The van der Waals surface area contributed by atoms with Crippen LogP contribution in [-0.2, 0) is 117 Å². The summed E-state index contributed by atoms with van der Waals surface area (Å²) in [6, 6.07) is 28.7. The van der Waals surface area contributed by atoms with Crippen molar-refractivity contribution in [2.24, 2.45) is 11.7 Å². The molecule has 1 aliphatic rings. The highest BCUT2D eigenvalue weighted by atomic mass is 32.2. The van der Waals surface area contributed by atoms with Crippen LogP contribution in [0.3, 0.4) is 0 Å². The number of phenols is 2. The van der Waals surface area contributed by atoms with Crippen LogP contribution >= 0.6 is 11.8 Å². The van der Waals surface area contributed by atoms with Crippen molar-refractivity contribution in [1.29, 1.82) is 0 Å². The number of amides is 14. The summed E-state index contributed by atoms with van der Waals surface area (Å²) in [7, 11) is 6.80. The first-order valence-electron chi connectivity index (χ1n) is 42.8. The number of unbranched alkanes of at least 4 members (excludes halogenated alkanes) is 1. The van der Waals surface area contributed by atoms with Crippen LogP contribution in [-0.4, -0.2) is 283 Å². The number of aromatic hydroxyl groups is 2. The third-order valence-corrected chi connectivity index (χ3v) is 23.4. The number of aliphatic carboxylic acids is 1. The number of benzene rings is 6. The number of nitrogens with one attached hydrogen (secondary N) is 11. The SMILES string of the molecule is CCCC[C@H]1C(=O)N(C)CC(=O)N[C@@H](CC(=O)O)CN[C@@H](C(C)C)C(=O)N(C)[C@@H](Cc2ccccc2)C(=O)N[C@@H](Cc2ccc(O)cc2)C(=O)N(C)CC(=O)N[C@@H](Cc2c[nH]c3ccccc23)C(=O)N[C@@H](Cc2ccc(O)cc2)C(=O)N[C@@H](Cc2c[nH]cn2)C(=O)N[C@H](C(=O)NCC(N)=O)CSCC(=O)N[C@@H](Cc2ccccc2)C(=O)N(C)[C@@H](Cc2ccccc2)C(=O)N1C. The Morgan fingerprint density at radius 3 is 1.53 bits per heavy atom. The van der Waals surface area contributed by atoms with Crippen molar-refractivity contribution >= 4 is 111 Å². The summed E-state index contributed by atoms with van der Waals surface area (Å²) < 4.78 is 0. The number of nitrogens with two attached hydrogens (primary N) is 1. The zero-order valence-electron chi connectivity index (χ0n) is 73.9. The van der Waals surface area contributed by atoms with E-state index in [1.165, 1.54) is 111 Å². The Morgan fingerprint density at radius 2 is 0.977 bits per heavy atom. The number of imidazole rings is 1. The molecule has 0 bridgehead atoms. The van der Waals surface area contributed by atoms with Crippen molar-refractivity contribution in [2.45, 2.75) is 158 Å². The van der Waals surface area contributed by atoms with Crippen LogP contribution in [0, 0.1) is 5.92 Å². The molecule has 11 atom stereocenters. The van der Waals surface area contributed by atoms with E-state index in [1.807, 2.05) is 6.92 Å². The third-order valence-electron chi connectivity index (χ3n) is 22.4. The lowest BCUT2D eigenvalue weighted by atomic mass is 9.98. The van der Waals surface area contributed by atoms with Crippen molar-refractivity contribution in [3.05, 3.63) is 222 Å². The van der Waals surface area contributed by atoms with Crippen LogP contribution in [0.2, 0.25) is 0 Å².